The standard InChI is InChI=1S/C22H35FN3O14P/c1-13(2)38-20(29)33-11-36-41(31,37-12-34-21(30)39-14(3)4)35-10-22(9-32-5)18(27)17(23)15(40-22)8-26-7-6-16(24)25-19(26)28/h6-7,13-15,17-18,27H,8-12H2,1-5H3,(H2,24,25,28)/t15-,17-,18-,22+/m0/s1. The summed E-state index contributed by atoms with van der Waals surface area (Å²) >= 11 is 0. The second kappa shape index (κ2) is 15.4. The summed E-state index contributed by atoms with van der Waals surface area (Å²) in [7, 11) is -3.55. The number of aliphatic hydroxyl groups excluding tert-OH is 1. The number of hydrogen-bond donors (Lipinski definition) is 2. The highest BCUT2D eigenvalue weighted by atomic mass is 31.2. The average molecular weight is 616 g/mol. The minimum absolute atomic E-state index is 0.0452. The molecule has 0 aliphatic carbocycles. The van der Waals surface area contributed by atoms with Gasteiger partial charge in [-0.05, 0) is 33.8 Å². The number of nitrogens with two attached hydrogens (primary N) is 1. The van der Waals surface area contributed by atoms with Crippen LogP contribution in [0.5, 0.6) is 0 Å². The van der Waals surface area contributed by atoms with Crippen molar-refractivity contribution in [2.24, 2.45) is 0 Å². The maximum atomic E-state index is 15.2. The van der Waals surface area contributed by atoms with Crippen molar-refractivity contribution in [2.45, 2.75) is 70.4 Å². The molecule has 2 heterocycles. The number of rotatable bonds is 15. The molecule has 1 fully saturated rings. The summed E-state index contributed by atoms with van der Waals surface area (Å²) in [6.07, 6.45) is -7.50. The van der Waals surface area contributed by atoms with Crippen molar-refractivity contribution >= 4 is 26.0 Å². The van der Waals surface area contributed by atoms with Crippen LogP contribution in [0.3, 0.4) is 0 Å². The fraction of sp³-hybridized carbons (Fsp3) is 0.727. The Balaban J connectivity index is 2.17. The first-order valence-corrected chi connectivity index (χ1v) is 13.7. The summed E-state index contributed by atoms with van der Waals surface area (Å²) in [4.78, 5) is 38.9. The lowest BCUT2D eigenvalue weighted by Crippen LogP contribution is -2.49. The third-order valence-electron chi connectivity index (χ3n) is 5.15. The number of carbonyl (C=O) groups is 2. The van der Waals surface area contributed by atoms with Crippen LogP contribution in [0.25, 0.3) is 0 Å². The summed E-state index contributed by atoms with van der Waals surface area (Å²) in [6, 6.07) is 1.31. The van der Waals surface area contributed by atoms with Crippen molar-refractivity contribution in [1.82, 2.24) is 9.55 Å². The number of methoxy groups -OCH3 is 1. The molecular weight excluding hydrogens is 580 g/mol. The van der Waals surface area contributed by atoms with Gasteiger partial charge in [-0.2, -0.15) is 4.98 Å². The highest BCUT2D eigenvalue weighted by Gasteiger charge is 2.56. The smallest absolute Gasteiger partial charge is 0.432 e. The molecule has 0 radical (unpaired) electrons. The van der Waals surface area contributed by atoms with Gasteiger partial charge >= 0.3 is 25.8 Å². The van der Waals surface area contributed by atoms with Gasteiger partial charge in [0.05, 0.1) is 32.0 Å². The number of alkyl halides is 1. The monoisotopic (exact) mass is 615 g/mol. The van der Waals surface area contributed by atoms with Gasteiger partial charge in [0.15, 0.2) is 6.17 Å². The van der Waals surface area contributed by atoms with Crippen LogP contribution >= 0.6 is 7.82 Å². The Hall–Kier alpha value is -2.86. The molecule has 41 heavy (non-hydrogen) atoms. The van der Waals surface area contributed by atoms with E-state index >= 15 is 4.39 Å². The van der Waals surface area contributed by atoms with Crippen LogP contribution in [0.2, 0.25) is 0 Å². The van der Waals surface area contributed by atoms with Gasteiger partial charge in [-0.15, -0.1) is 0 Å². The SMILES string of the molecule is COC[C@]1(COP(=O)(OCOC(=O)OC(C)C)OCOC(=O)OC(C)C)O[C@@H](Cn2ccc(N)nc2=O)[C@H](F)[C@@H]1O. The highest BCUT2D eigenvalue weighted by Crippen LogP contribution is 2.51. The van der Waals surface area contributed by atoms with Gasteiger partial charge < -0.3 is 39.3 Å². The Labute approximate surface area is 234 Å². The summed E-state index contributed by atoms with van der Waals surface area (Å²) in [5.41, 5.74) is 2.70. The Morgan fingerprint density at radius 2 is 1.68 bits per heavy atom. The molecule has 1 saturated heterocycles. The van der Waals surface area contributed by atoms with E-state index in [0.29, 0.717) is 0 Å². The Bertz CT molecular complexity index is 1090. The van der Waals surface area contributed by atoms with Crippen LogP contribution in [-0.4, -0.2) is 97.1 Å². The van der Waals surface area contributed by atoms with Crippen LogP contribution in [0.1, 0.15) is 27.7 Å². The quantitative estimate of drug-likeness (QED) is 0.162. The largest absolute Gasteiger partial charge is 0.510 e. The lowest BCUT2D eigenvalue weighted by atomic mass is 9.97. The Morgan fingerprint density at radius 3 is 2.17 bits per heavy atom. The van der Waals surface area contributed by atoms with E-state index in [1.54, 1.807) is 27.7 Å². The van der Waals surface area contributed by atoms with Gasteiger partial charge in [-0.25, -0.2) is 32.4 Å². The Kier molecular flexibility index (Phi) is 12.9. The molecule has 17 nitrogen and oxygen atoms in total. The lowest BCUT2D eigenvalue weighted by molar-refractivity contribution is -0.145. The normalized spacial score (nSPS) is 22.6. The molecule has 3 N–H and O–H groups in total. The molecule has 1 aliphatic heterocycles. The lowest BCUT2D eigenvalue weighted by Gasteiger charge is -2.32. The van der Waals surface area contributed by atoms with Gasteiger partial charge in [0.2, 0.25) is 13.6 Å². The maximum Gasteiger partial charge on any atom is 0.510 e. The van der Waals surface area contributed by atoms with Gasteiger partial charge in [0, 0.05) is 13.3 Å². The third-order valence-corrected chi connectivity index (χ3v) is 6.44. The van der Waals surface area contributed by atoms with Gasteiger partial charge in [0.1, 0.15) is 23.6 Å². The van der Waals surface area contributed by atoms with E-state index < -0.39 is 88.8 Å². The van der Waals surface area contributed by atoms with Gasteiger partial charge in [0.25, 0.3) is 0 Å². The zero-order valence-corrected chi connectivity index (χ0v) is 24.0. The molecule has 0 bridgehead atoms. The van der Waals surface area contributed by atoms with Crippen LogP contribution < -0.4 is 11.4 Å². The number of nitrogen functional groups attached to an aromatic ring is 1. The third kappa shape index (κ3) is 10.5. The molecule has 1 aromatic rings. The zero-order valence-electron chi connectivity index (χ0n) is 23.1. The second-order valence-electron chi connectivity index (χ2n) is 9.17. The summed E-state index contributed by atoms with van der Waals surface area (Å²) < 4.78 is 74.3. The fourth-order valence-corrected chi connectivity index (χ4v) is 4.36. The maximum absolute atomic E-state index is 15.2. The van der Waals surface area contributed by atoms with E-state index in [4.69, 9.17) is 38.3 Å². The number of aliphatic hydroxyl groups is 1. The molecular formula is C22H35FN3O14P. The van der Waals surface area contributed by atoms with E-state index in [0.717, 1.165) is 4.57 Å². The van der Waals surface area contributed by atoms with Gasteiger partial charge in [-0.3, -0.25) is 9.09 Å². The number of ether oxygens (including phenoxy) is 6. The molecule has 2 rings (SSSR count). The number of nitrogens with zero attached hydrogens (tertiary/aromatic N) is 2. The van der Waals surface area contributed by atoms with Crippen molar-refractivity contribution < 1.29 is 65.6 Å². The highest BCUT2D eigenvalue weighted by molar-refractivity contribution is 7.48. The molecule has 0 aromatic carbocycles. The topological polar surface area (TPSA) is 215 Å². The minimum Gasteiger partial charge on any atom is -0.432 e. The molecule has 4 atom stereocenters. The fourth-order valence-electron chi connectivity index (χ4n) is 3.40. The predicted molar refractivity (Wildman–Crippen MR) is 134 cm³/mol. The van der Waals surface area contributed by atoms with Crippen LogP contribution in [-0.2, 0) is 53.1 Å². The first kappa shape index (κ1) is 34.3. The van der Waals surface area contributed by atoms with Crippen LogP contribution in [0.4, 0.5) is 19.8 Å². The number of hydrogen-bond acceptors (Lipinski definition) is 16. The number of phosphoric acid groups is 1. The van der Waals surface area contributed by atoms with Crippen molar-refractivity contribution in [1.29, 1.82) is 0 Å². The number of carbonyl (C=O) groups excluding carboxylic acids is 2. The minimum atomic E-state index is -4.78. The molecule has 1 aliphatic rings. The van der Waals surface area contributed by atoms with E-state index in [1.807, 2.05) is 0 Å². The van der Waals surface area contributed by atoms with Crippen molar-refractivity contribution in [2.75, 3.05) is 39.6 Å². The van der Waals surface area contributed by atoms with E-state index in [-0.39, 0.29) is 12.4 Å². The molecule has 0 unspecified atom stereocenters. The number of aromatic nitrogens is 2. The predicted octanol–water partition coefficient (Wildman–Crippen LogP) is 1.50. The molecule has 0 spiro atoms. The Morgan fingerprint density at radius 1 is 1.12 bits per heavy atom. The van der Waals surface area contributed by atoms with Crippen molar-refractivity contribution in [3.05, 3.63) is 22.7 Å². The molecule has 234 valence electrons. The summed E-state index contributed by atoms with van der Waals surface area (Å²) in [6.45, 7) is 2.51. The average Bonchev–Trinajstić information content (AvgIpc) is 3.09. The molecule has 19 heteroatoms. The van der Waals surface area contributed by atoms with Gasteiger partial charge in [-0.1, -0.05) is 0 Å². The van der Waals surface area contributed by atoms with Crippen molar-refractivity contribution in [3.63, 3.8) is 0 Å². The first-order chi connectivity index (χ1) is 19.2. The number of phosphoric ester groups is 1. The first-order valence-electron chi connectivity index (χ1n) is 12.2. The number of anilines is 1. The molecule has 0 amide bonds. The summed E-state index contributed by atoms with van der Waals surface area (Å²) in [5, 5.41) is 10.7. The molecule has 1 aromatic heterocycles. The van der Waals surface area contributed by atoms with E-state index in [1.165, 1.54) is 19.4 Å². The number of halogens is 1. The zero-order chi connectivity index (χ0) is 30.8. The van der Waals surface area contributed by atoms with E-state index in [9.17, 15) is 24.1 Å². The van der Waals surface area contributed by atoms with E-state index in [2.05, 4.69) is 14.5 Å². The second-order valence-corrected chi connectivity index (χ2v) is 10.8. The summed E-state index contributed by atoms with van der Waals surface area (Å²) in [5.74, 6) is -0.0452. The van der Waals surface area contributed by atoms with Crippen LogP contribution in [0.15, 0.2) is 17.1 Å². The molecule has 0 saturated carbocycles. The van der Waals surface area contributed by atoms with Crippen molar-refractivity contribution in [3.8, 4) is 0 Å². The van der Waals surface area contributed by atoms with Crippen LogP contribution in [0, 0.1) is 0 Å².